The Balaban J connectivity index is 0.000000860. The molecule has 0 aliphatic heterocycles. The summed E-state index contributed by atoms with van der Waals surface area (Å²) in [6.45, 7) is 27.6. The van der Waals surface area contributed by atoms with Crippen molar-refractivity contribution in [3.8, 4) is 5.75 Å². The van der Waals surface area contributed by atoms with Gasteiger partial charge in [0.25, 0.3) is 0 Å². The smallest absolute Gasteiger partial charge is 0.303 e. The monoisotopic (exact) mass is 1110 g/mol. The number of aryl methyl sites for hydroxylation is 7. The maximum Gasteiger partial charge on any atom is 0.303 e. The summed E-state index contributed by atoms with van der Waals surface area (Å²) in [6.07, 6.45) is 12.6. The van der Waals surface area contributed by atoms with Crippen molar-refractivity contribution in [3.63, 3.8) is 0 Å². The van der Waals surface area contributed by atoms with Crippen LogP contribution in [-0.4, -0.2) is 25.3 Å². The lowest BCUT2D eigenvalue weighted by Crippen LogP contribution is -2.21. The van der Waals surface area contributed by atoms with Crippen molar-refractivity contribution in [2.45, 2.75) is 154 Å². The molecule has 0 saturated heterocycles. The molecular formula is C71H97BrO5. The number of rotatable bonds is 7. The Labute approximate surface area is 477 Å². The second kappa shape index (κ2) is 42.9. The predicted octanol–water partition coefficient (Wildman–Crippen LogP) is 21.2. The van der Waals surface area contributed by atoms with Crippen LogP contribution in [0, 0.1) is 47.5 Å². The quantitative estimate of drug-likeness (QED) is 0.118. The minimum atomic E-state index is -0.328. The third-order valence-electron chi connectivity index (χ3n) is 11.2. The second-order valence-electron chi connectivity index (χ2n) is 20.3. The van der Waals surface area contributed by atoms with Gasteiger partial charge in [0.15, 0.2) is 0 Å². The molecule has 7 aromatic carbocycles. The average Bonchev–Trinajstić information content (AvgIpc) is 3.90. The summed E-state index contributed by atoms with van der Waals surface area (Å²) in [4.78, 5) is 10.2. The van der Waals surface area contributed by atoms with Gasteiger partial charge in [-0.1, -0.05) is 255 Å². The standard InChI is InChI=1S/C11H16O.C11H10.C9H12.C8H10O.C7H7Br.C7H14.C7H8.C6H12O2.C5H6O.H2/c1-3-8-12-9-11-6-4-10(2)5-7-11;1-9-6-7-10-4-2-3-5-11(10)8-9;1-2-6-9-7-4-3-5-8-9;1-7-3-5-8(9-2)6-4-7;1-6-2-4-7(8)5-3-6;2*1-7-5-3-2-4-6-7;1-5(7)8-6(2,3)4;1-5-3-2-4-6-5;/h4-7H,3,8-9H2,1-2H3;2-8H,1H3;3-5,7-8H,2,6H2,1H3;3-6H,1-2H3;2-5H,1H3;7H,2-6H2,1H3;2-6H,1H3;1-4H3;2-4H,1H3;1H. The molecule has 9 rings (SSSR count). The Kier molecular flexibility index (Phi) is 38.3. The van der Waals surface area contributed by atoms with Gasteiger partial charge >= 0.3 is 5.97 Å². The van der Waals surface area contributed by atoms with E-state index in [2.05, 4.69) is 193 Å². The lowest BCUT2D eigenvalue weighted by atomic mass is 9.91. The Morgan fingerprint density at radius 2 is 1.06 bits per heavy atom. The fourth-order valence-corrected chi connectivity index (χ4v) is 7.37. The molecule has 1 aliphatic carbocycles. The fraction of sp³-hybridized carbons (Fsp3) is 0.366. The van der Waals surface area contributed by atoms with Crippen molar-refractivity contribution in [3.05, 3.63) is 243 Å². The van der Waals surface area contributed by atoms with E-state index in [0.717, 1.165) is 41.5 Å². The van der Waals surface area contributed by atoms with E-state index in [1.165, 1.54) is 102 Å². The number of furan rings is 1. The molecule has 0 N–H and O–H groups in total. The first-order valence-electron chi connectivity index (χ1n) is 27.5. The number of benzene rings is 7. The van der Waals surface area contributed by atoms with Crippen LogP contribution in [-0.2, 0) is 27.3 Å². The molecule has 0 atom stereocenters. The van der Waals surface area contributed by atoms with Crippen LogP contribution in [0.3, 0.4) is 0 Å². The van der Waals surface area contributed by atoms with Crippen molar-refractivity contribution in [1.29, 1.82) is 0 Å². The van der Waals surface area contributed by atoms with Gasteiger partial charge in [0, 0.05) is 19.4 Å². The SMILES string of the molecule is CC(=O)OC(C)(C)C.CC1CCCCC1.CCCOCc1ccc(C)cc1.CCCc1ccccc1.COc1ccc(C)cc1.Cc1ccc(Br)cc1.Cc1ccc2ccccc2c1.Cc1ccccc1.Cc1ccco1.[HH]. The number of hydrogen-bond donors (Lipinski definition) is 0. The molecule has 0 bridgehead atoms. The number of carbonyl (C=O) groups is 1. The van der Waals surface area contributed by atoms with Crippen LogP contribution in [0.2, 0.25) is 0 Å². The van der Waals surface area contributed by atoms with E-state index in [1.807, 2.05) is 94.4 Å². The highest BCUT2D eigenvalue weighted by molar-refractivity contribution is 9.10. The van der Waals surface area contributed by atoms with Gasteiger partial charge in [0.1, 0.15) is 17.1 Å². The summed E-state index contributed by atoms with van der Waals surface area (Å²) in [7, 11) is 1.67. The van der Waals surface area contributed by atoms with Gasteiger partial charge < -0.3 is 18.6 Å². The topological polar surface area (TPSA) is 57.9 Å². The summed E-state index contributed by atoms with van der Waals surface area (Å²) < 4.78 is 21.2. The van der Waals surface area contributed by atoms with E-state index in [0.29, 0.717) is 0 Å². The Bertz CT molecular complexity index is 2580. The predicted molar refractivity (Wildman–Crippen MR) is 337 cm³/mol. The summed E-state index contributed by atoms with van der Waals surface area (Å²) >= 11 is 3.35. The minimum Gasteiger partial charge on any atom is -0.497 e. The van der Waals surface area contributed by atoms with Crippen LogP contribution >= 0.6 is 15.9 Å². The molecule has 418 valence electrons. The molecule has 1 aliphatic rings. The Morgan fingerprint density at radius 1 is 0.571 bits per heavy atom. The molecule has 77 heavy (non-hydrogen) atoms. The maximum atomic E-state index is 10.2. The van der Waals surface area contributed by atoms with Crippen LogP contribution in [0.4, 0.5) is 0 Å². The molecule has 1 saturated carbocycles. The number of carbonyl (C=O) groups excluding carboxylic acids is 1. The Hall–Kier alpha value is -6.21. The fourth-order valence-electron chi connectivity index (χ4n) is 7.10. The first-order valence-corrected chi connectivity index (χ1v) is 28.3. The van der Waals surface area contributed by atoms with Crippen molar-refractivity contribution in [2.24, 2.45) is 5.92 Å². The third-order valence-corrected chi connectivity index (χ3v) is 11.8. The number of halogens is 1. The number of esters is 1. The zero-order chi connectivity index (χ0) is 57.1. The maximum absolute atomic E-state index is 10.2. The van der Waals surface area contributed by atoms with E-state index in [4.69, 9.17) is 18.6 Å². The van der Waals surface area contributed by atoms with Gasteiger partial charge in [0.05, 0.1) is 20.0 Å². The van der Waals surface area contributed by atoms with E-state index in [-0.39, 0.29) is 13.0 Å². The van der Waals surface area contributed by atoms with Crippen LogP contribution in [0.5, 0.6) is 5.75 Å². The highest BCUT2D eigenvalue weighted by atomic mass is 79.9. The zero-order valence-corrected chi connectivity index (χ0v) is 51.1. The molecule has 6 heteroatoms. The molecule has 0 amide bonds. The molecule has 8 aromatic rings. The number of ether oxygens (including phenoxy) is 3. The Morgan fingerprint density at radius 3 is 1.45 bits per heavy atom. The number of fused-ring (bicyclic) bond motifs is 1. The van der Waals surface area contributed by atoms with Gasteiger partial charge in [-0.3, -0.25) is 4.79 Å². The highest BCUT2D eigenvalue weighted by Crippen LogP contribution is 2.22. The number of hydrogen-bond acceptors (Lipinski definition) is 5. The minimum absolute atomic E-state index is 0. The van der Waals surface area contributed by atoms with Gasteiger partial charge in [-0.25, -0.2) is 0 Å². The van der Waals surface area contributed by atoms with Crippen molar-refractivity contribution in [1.82, 2.24) is 0 Å². The normalized spacial score (nSPS) is 11.1. The average molecular weight is 1110 g/mol. The molecule has 0 radical (unpaired) electrons. The second-order valence-corrected chi connectivity index (χ2v) is 21.2. The third kappa shape index (κ3) is 39.8. The highest BCUT2D eigenvalue weighted by Gasteiger charge is 2.11. The van der Waals surface area contributed by atoms with Crippen LogP contribution in [0.15, 0.2) is 203 Å². The molecule has 5 nitrogen and oxygen atoms in total. The van der Waals surface area contributed by atoms with Crippen LogP contribution < -0.4 is 4.74 Å². The van der Waals surface area contributed by atoms with Gasteiger partial charge in [-0.05, 0) is 139 Å². The summed E-state index contributed by atoms with van der Waals surface area (Å²) in [5.74, 6) is 2.70. The van der Waals surface area contributed by atoms with Gasteiger partial charge in [-0.2, -0.15) is 0 Å². The molecule has 0 unspecified atom stereocenters. The van der Waals surface area contributed by atoms with E-state index in [9.17, 15) is 4.79 Å². The van der Waals surface area contributed by atoms with Crippen molar-refractivity contribution >= 4 is 32.7 Å². The molecule has 1 heterocycles. The van der Waals surface area contributed by atoms with Gasteiger partial charge in [0.2, 0.25) is 0 Å². The van der Waals surface area contributed by atoms with E-state index < -0.39 is 0 Å². The first kappa shape index (κ1) is 68.8. The molecule has 1 aromatic heterocycles. The van der Waals surface area contributed by atoms with E-state index >= 15 is 0 Å². The summed E-state index contributed by atoms with van der Waals surface area (Å²) in [5, 5.41) is 2.64. The lowest BCUT2D eigenvalue weighted by molar-refractivity contribution is -0.151. The lowest BCUT2D eigenvalue weighted by Gasteiger charge is -2.17. The van der Waals surface area contributed by atoms with Crippen molar-refractivity contribution in [2.75, 3.05) is 13.7 Å². The van der Waals surface area contributed by atoms with Crippen molar-refractivity contribution < 1.29 is 24.8 Å². The largest absolute Gasteiger partial charge is 0.497 e. The molecule has 0 spiro atoms. The summed E-state index contributed by atoms with van der Waals surface area (Å²) in [6, 6.07) is 64.2. The van der Waals surface area contributed by atoms with Gasteiger partial charge in [-0.15, -0.1) is 0 Å². The zero-order valence-electron chi connectivity index (χ0n) is 49.5. The van der Waals surface area contributed by atoms with E-state index in [1.54, 1.807) is 13.4 Å². The number of methoxy groups -OCH3 is 1. The molecular weight excluding hydrogens is 1010 g/mol. The van der Waals surface area contributed by atoms with Crippen LogP contribution in [0.25, 0.3) is 10.8 Å². The van der Waals surface area contributed by atoms with Crippen LogP contribution in [0.1, 0.15) is 140 Å². The molecule has 1 fully saturated rings. The summed E-state index contributed by atoms with van der Waals surface area (Å²) in [5.41, 5.74) is 8.88. The first-order chi connectivity index (χ1) is 36.8.